The van der Waals surface area contributed by atoms with Gasteiger partial charge in [0, 0.05) is 11.6 Å². The van der Waals surface area contributed by atoms with Crippen LogP contribution in [0.4, 0.5) is 4.79 Å². The molecule has 3 amide bonds. The first-order valence-corrected chi connectivity index (χ1v) is 15.2. The van der Waals surface area contributed by atoms with Crippen LogP contribution in [0.25, 0.3) is 0 Å². The van der Waals surface area contributed by atoms with Gasteiger partial charge in [-0.2, -0.15) is 11.8 Å². The molecule has 7 nitrogen and oxygen atoms in total. The van der Waals surface area contributed by atoms with Gasteiger partial charge in [-0.05, 0) is 97.8 Å². The van der Waals surface area contributed by atoms with Gasteiger partial charge in [-0.3, -0.25) is 9.59 Å². The smallest absolute Gasteiger partial charge is 0.408 e. The molecule has 1 aromatic carbocycles. The Morgan fingerprint density at radius 1 is 1.03 bits per heavy atom. The molecule has 0 saturated heterocycles. The van der Waals surface area contributed by atoms with Crippen molar-refractivity contribution in [3.63, 3.8) is 0 Å². The van der Waals surface area contributed by atoms with E-state index in [1.54, 1.807) is 37.4 Å². The van der Waals surface area contributed by atoms with Crippen molar-refractivity contribution in [3.8, 4) is 0 Å². The number of nitrogens with one attached hydrogen (secondary N) is 2. The van der Waals surface area contributed by atoms with Crippen molar-refractivity contribution in [1.82, 2.24) is 15.5 Å². The SMILES string of the molecule is CCCC(C)NC(=O)C(c1cc(C)ccc1C)N(C(=O)C(CCSC)NC(=O)OC(C)(C)C)C(C)(C)CC. The Hall–Kier alpha value is -2.22. The third-order valence-electron chi connectivity index (χ3n) is 6.70. The first-order valence-electron chi connectivity index (χ1n) is 13.8. The van der Waals surface area contributed by atoms with Gasteiger partial charge in [0.1, 0.15) is 17.7 Å². The molecule has 216 valence electrons. The Labute approximate surface area is 235 Å². The summed E-state index contributed by atoms with van der Waals surface area (Å²) in [6, 6.07) is 4.27. The van der Waals surface area contributed by atoms with Crippen molar-refractivity contribution >= 4 is 29.7 Å². The second kappa shape index (κ2) is 14.8. The second-order valence-corrected chi connectivity index (χ2v) is 12.8. The van der Waals surface area contributed by atoms with Crippen LogP contribution in [0, 0.1) is 13.8 Å². The molecule has 3 atom stereocenters. The number of rotatable bonds is 13. The van der Waals surface area contributed by atoms with Crippen molar-refractivity contribution in [1.29, 1.82) is 0 Å². The predicted molar refractivity (Wildman–Crippen MR) is 159 cm³/mol. The summed E-state index contributed by atoms with van der Waals surface area (Å²) in [7, 11) is 0. The summed E-state index contributed by atoms with van der Waals surface area (Å²) in [6.07, 6.45) is 4.14. The fourth-order valence-corrected chi connectivity index (χ4v) is 4.81. The third-order valence-corrected chi connectivity index (χ3v) is 7.34. The van der Waals surface area contributed by atoms with E-state index < -0.39 is 29.3 Å². The van der Waals surface area contributed by atoms with E-state index >= 15 is 0 Å². The molecule has 8 heteroatoms. The maximum atomic E-state index is 14.4. The van der Waals surface area contributed by atoms with Gasteiger partial charge in [0.25, 0.3) is 0 Å². The lowest BCUT2D eigenvalue weighted by molar-refractivity contribution is -0.149. The summed E-state index contributed by atoms with van der Waals surface area (Å²) in [5.74, 6) is 0.164. The first kappa shape index (κ1) is 33.8. The van der Waals surface area contributed by atoms with Crippen LogP contribution in [-0.2, 0) is 14.3 Å². The molecule has 38 heavy (non-hydrogen) atoms. The van der Waals surface area contributed by atoms with Gasteiger partial charge < -0.3 is 20.3 Å². The molecule has 0 aliphatic rings. The molecule has 0 aliphatic carbocycles. The largest absolute Gasteiger partial charge is 0.444 e. The van der Waals surface area contributed by atoms with Crippen LogP contribution in [0.5, 0.6) is 0 Å². The fraction of sp³-hybridized carbons (Fsp3) is 0.700. The minimum Gasteiger partial charge on any atom is -0.444 e. The van der Waals surface area contributed by atoms with E-state index in [1.807, 2.05) is 66.0 Å². The molecule has 0 aliphatic heterocycles. The minimum atomic E-state index is -0.853. The summed E-state index contributed by atoms with van der Waals surface area (Å²) in [5.41, 5.74) is 1.37. The van der Waals surface area contributed by atoms with Gasteiger partial charge in [-0.1, -0.05) is 44.0 Å². The van der Waals surface area contributed by atoms with Crippen LogP contribution in [0.15, 0.2) is 18.2 Å². The van der Waals surface area contributed by atoms with Gasteiger partial charge >= 0.3 is 6.09 Å². The van der Waals surface area contributed by atoms with Crippen LogP contribution < -0.4 is 10.6 Å². The van der Waals surface area contributed by atoms with E-state index in [2.05, 4.69) is 17.6 Å². The monoisotopic (exact) mass is 549 g/mol. The number of carbonyl (C=O) groups is 3. The molecule has 0 saturated carbocycles. The highest BCUT2D eigenvalue weighted by molar-refractivity contribution is 7.98. The van der Waals surface area contributed by atoms with Gasteiger partial charge in [-0.25, -0.2) is 4.79 Å². The van der Waals surface area contributed by atoms with Crippen molar-refractivity contribution < 1.29 is 19.1 Å². The predicted octanol–water partition coefficient (Wildman–Crippen LogP) is 6.31. The number of alkyl carbamates (subject to hydrolysis) is 1. The zero-order chi connectivity index (χ0) is 29.3. The van der Waals surface area contributed by atoms with Crippen LogP contribution in [0.3, 0.4) is 0 Å². The zero-order valence-corrected chi connectivity index (χ0v) is 26.3. The van der Waals surface area contributed by atoms with Crippen molar-refractivity contribution in [2.75, 3.05) is 12.0 Å². The fourth-order valence-electron chi connectivity index (χ4n) is 4.34. The van der Waals surface area contributed by atoms with Crippen molar-refractivity contribution in [2.24, 2.45) is 0 Å². The molecule has 0 fully saturated rings. The average Bonchev–Trinajstić information content (AvgIpc) is 2.80. The Balaban J connectivity index is 3.71. The molecule has 2 N–H and O–H groups in total. The topological polar surface area (TPSA) is 87.7 Å². The molecule has 0 spiro atoms. The maximum Gasteiger partial charge on any atom is 0.408 e. The highest BCUT2D eigenvalue weighted by Gasteiger charge is 2.43. The molecule has 0 heterocycles. The molecule has 1 rings (SSSR count). The van der Waals surface area contributed by atoms with Crippen LogP contribution in [-0.4, -0.2) is 58.0 Å². The second-order valence-electron chi connectivity index (χ2n) is 11.8. The lowest BCUT2D eigenvalue weighted by Gasteiger charge is -2.45. The zero-order valence-electron chi connectivity index (χ0n) is 25.5. The number of nitrogens with zero attached hydrogens (tertiary/aromatic N) is 1. The molecular weight excluding hydrogens is 498 g/mol. The third kappa shape index (κ3) is 10.2. The number of carbonyl (C=O) groups excluding carboxylic acids is 3. The maximum absolute atomic E-state index is 14.4. The highest BCUT2D eigenvalue weighted by atomic mass is 32.2. The number of hydrogen-bond acceptors (Lipinski definition) is 5. The Bertz CT molecular complexity index is 942. The molecule has 0 bridgehead atoms. The minimum absolute atomic E-state index is 0.0333. The number of benzene rings is 1. The number of aryl methyl sites for hydroxylation is 2. The molecule has 1 aromatic rings. The van der Waals surface area contributed by atoms with E-state index in [4.69, 9.17) is 4.74 Å². The van der Waals surface area contributed by atoms with E-state index in [-0.39, 0.29) is 17.9 Å². The normalized spacial score (nSPS) is 14.3. The Kier molecular flexibility index (Phi) is 13.2. The van der Waals surface area contributed by atoms with E-state index in [9.17, 15) is 14.4 Å². The molecule has 0 radical (unpaired) electrons. The summed E-state index contributed by atoms with van der Waals surface area (Å²) < 4.78 is 5.49. The number of amides is 3. The quantitative estimate of drug-likeness (QED) is 0.301. The lowest BCUT2D eigenvalue weighted by Crippen LogP contribution is -2.60. The molecule has 0 aromatic heterocycles. The Morgan fingerprint density at radius 2 is 1.66 bits per heavy atom. The average molecular weight is 550 g/mol. The van der Waals surface area contributed by atoms with Crippen LogP contribution in [0.2, 0.25) is 0 Å². The standard InChI is InChI=1S/C30H51N3O4S/c1-12-14-22(5)31-26(34)25(23-19-20(3)15-16-21(23)4)33(30(9,10)13-2)27(35)24(17-18-38-11)32-28(36)37-29(6,7)8/h15-16,19,22,24-25H,12-14,17-18H2,1-11H3,(H,31,34)(H,32,36). The molecular formula is C30H51N3O4S. The van der Waals surface area contributed by atoms with Gasteiger partial charge in [0.05, 0.1) is 0 Å². The molecule has 3 unspecified atom stereocenters. The van der Waals surface area contributed by atoms with E-state index in [1.165, 1.54) is 0 Å². The van der Waals surface area contributed by atoms with Crippen molar-refractivity contribution in [3.05, 3.63) is 34.9 Å². The van der Waals surface area contributed by atoms with Crippen LogP contribution in [0.1, 0.15) is 104 Å². The van der Waals surface area contributed by atoms with Crippen LogP contribution >= 0.6 is 11.8 Å². The summed E-state index contributed by atoms with van der Waals surface area (Å²) in [5, 5.41) is 5.98. The lowest BCUT2D eigenvalue weighted by atomic mass is 9.89. The van der Waals surface area contributed by atoms with Crippen molar-refractivity contribution in [2.45, 2.75) is 124 Å². The summed E-state index contributed by atoms with van der Waals surface area (Å²) >= 11 is 1.60. The summed E-state index contributed by atoms with van der Waals surface area (Å²) in [6.45, 7) is 19.4. The first-order chi connectivity index (χ1) is 17.6. The number of ether oxygens (including phenoxy) is 1. The summed E-state index contributed by atoms with van der Waals surface area (Å²) in [4.78, 5) is 43.0. The van der Waals surface area contributed by atoms with Gasteiger partial charge in [0.2, 0.25) is 11.8 Å². The Morgan fingerprint density at radius 3 is 2.18 bits per heavy atom. The number of thioether (sulfide) groups is 1. The van der Waals surface area contributed by atoms with Gasteiger partial charge in [0.15, 0.2) is 0 Å². The van der Waals surface area contributed by atoms with E-state index in [0.29, 0.717) is 18.6 Å². The number of hydrogen-bond donors (Lipinski definition) is 2. The van der Waals surface area contributed by atoms with Gasteiger partial charge in [-0.15, -0.1) is 0 Å². The highest BCUT2D eigenvalue weighted by Crippen LogP contribution is 2.34. The van der Waals surface area contributed by atoms with E-state index in [0.717, 1.165) is 29.5 Å².